The van der Waals surface area contributed by atoms with Crippen LogP contribution in [0.25, 0.3) is 0 Å². The maximum absolute atomic E-state index is 12.3. The Morgan fingerprint density at radius 3 is 2.78 bits per heavy atom. The van der Waals surface area contributed by atoms with Crippen LogP contribution in [0.5, 0.6) is 5.75 Å². The molecule has 1 aliphatic rings. The fourth-order valence-corrected chi connectivity index (χ4v) is 4.12. The Morgan fingerprint density at radius 2 is 2.09 bits per heavy atom. The van der Waals surface area contributed by atoms with Gasteiger partial charge in [0.2, 0.25) is 0 Å². The number of hydrogen-bond donors (Lipinski definition) is 1. The summed E-state index contributed by atoms with van der Waals surface area (Å²) in [5.41, 5.74) is 2.29. The Labute approximate surface area is 144 Å². The van der Waals surface area contributed by atoms with Crippen molar-refractivity contribution in [3.05, 3.63) is 29.3 Å². The molecule has 1 aromatic carbocycles. The zero-order valence-corrected chi connectivity index (χ0v) is 15.4. The van der Waals surface area contributed by atoms with Gasteiger partial charge in [-0.05, 0) is 50.3 Å². The highest BCUT2D eigenvalue weighted by Gasteiger charge is 2.19. The average Bonchev–Trinajstić information content (AvgIpc) is 3.06. The second kappa shape index (κ2) is 9.21. The highest BCUT2D eigenvalue weighted by molar-refractivity contribution is 7.99. The second-order valence-electron chi connectivity index (χ2n) is 6.28. The molecule has 3 nitrogen and oxygen atoms in total. The molecule has 0 radical (unpaired) electrons. The fraction of sp³-hybridized carbons (Fsp3) is 0.632. The minimum absolute atomic E-state index is 0.000396. The van der Waals surface area contributed by atoms with Gasteiger partial charge in [-0.25, -0.2) is 0 Å². The summed E-state index contributed by atoms with van der Waals surface area (Å²) in [7, 11) is 0. The van der Waals surface area contributed by atoms with Crippen molar-refractivity contribution in [3.8, 4) is 5.75 Å². The molecular weight excluding hydrogens is 306 g/mol. The molecule has 0 aliphatic heterocycles. The van der Waals surface area contributed by atoms with E-state index < -0.39 is 6.10 Å². The molecule has 1 atom stereocenters. The number of benzene rings is 1. The molecule has 23 heavy (non-hydrogen) atoms. The summed E-state index contributed by atoms with van der Waals surface area (Å²) in [6, 6.07) is 5.97. The molecule has 0 heterocycles. The third kappa shape index (κ3) is 5.45. The Kier molecular flexibility index (Phi) is 7.28. The van der Waals surface area contributed by atoms with Gasteiger partial charge in [-0.15, -0.1) is 0 Å². The highest BCUT2D eigenvalue weighted by Crippen LogP contribution is 2.29. The lowest BCUT2D eigenvalue weighted by Gasteiger charge is -2.19. The van der Waals surface area contributed by atoms with Gasteiger partial charge in [0, 0.05) is 17.5 Å². The van der Waals surface area contributed by atoms with Crippen LogP contribution in [-0.2, 0) is 4.79 Å². The molecule has 0 bridgehead atoms. The van der Waals surface area contributed by atoms with E-state index in [1.54, 1.807) is 0 Å². The first-order valence-electron chi connectivity index (χ1n) is 8.74. The minimum Gasteiger partial charge on any atom is -0.480 e. The molecule has 128 valence electrons. The van der Waals surface area contributed by atoms with E-state index in [0.29, 0.717) is 6.42 Å². The van der Waals surface area contributed by atoms with Crippen LogP contribution < -0.4 is 10.1 Å². The molecule has 1 aromatic rings. The maximum atomic E-state index is 12.3. The molecule has 2 rings (SSSR count). The van der Waals surface area contributed by atoms with Crippen LogP contribution >= 0.6 is 11.8 Å². The Morgan fingerprint density at radius 1 is 1.35 bits per heavy atom. The zero-order chi connectivity index (χ0) is 16.7. The van der Waals surface area contributed by atoms with Gasteiger partial charge < -0.3 is 10.1 Å². The Balaban J connectivity index is 1.77. The number of carbonyl (C=O) groups is 1. The quantitative estimate of drug-likeness (QED) is 0.722. The van der Waals surface area contributed by atoms with E-state index in [9.17, 15) is 4.79 Å². The first-order valence-corrected chi connectivity index (χ1v) is 9.79. The predicted molar refractivity (Wildman–Crippen MR) is 98.3 cm³/mol. The summed E-state index contributed by atoms with van der Waals surface area (Å²) in [6.45, 7) is 6.81. The number of amides is 1. The van der Waals surface area contributed by atoms with Crippen LogP contribution in [0.4, 0.5) is 0 Å². The summed E-state index contributed by atoms with van der Waals surface area (Å²) in [5, 5.41) is 3.83. The second-order valence-corrected chi connectivity index (χ2v) is 7.69. The lowest BCUT2D eigenvalue weighted by Crippen LogP contribution is -2.39. The van der Waals surface area contributed by atoms with Crippen molar-refractivity contribution in [3.63, 3.8) is 0 Å². The first kappa shape index (κ1) is 18.2. The van der Waals surface area contributed by atoms with Crippen molar-refractivity contribution in [2.75, 3.05) is 12.3 Å². The minimum atomic E-state index is -0.410. The summed E-state index contributed by atoms with van der Waals surface area (Å²) < 4.78 is 5.95. The van der Waals surface area contributed by atoms with Gasteiger partial charge in [-0.3, -0.25) is 4.79 Å². The topological polar surface area (TPSA) is 38.3 Å². The summed E-state index contributed by atoms with van der Waals surface area (Å²) in [6.07, 6.45) is 5.68. The first-order chi connectivity index (χ1) is 11.1. The normalized spacial score (nSPS) is 16.3. The standard InChI is InChI=1S/C19H29NO2S/c1-4-17(22-18-11-7-8-14(2)15(18)3)19(21)20-12-13-23-16-9-5-6-10-16/h7-8,11,16-17H,4-6,9-10,12-13H2,1-3H3,(H,20,21). The summed E-state index contributed by atoms with van der Waals surface area (Å²) >= 11 is 2.00. The number of ether oxygens (including phenoxy) is 1. The molecule has 1 amide bonds. The molecule has 1 saturated carbocycles. The van der Waals surface area contributed by atoms with Gasteiger partial charge >= 0.3 is 0 Å². The van der Waals surface area contributed by atoms with Crippen LogP contribution in [0.3, 0.4) is 0 Å². The number of rotatable bonds is 8. The Hall–Kier alpha value is -1.16. The van der Waals surface area contributed by atoms with Crippen molar-refractivity contribution in [1.82, 2.24) is 5.32 Å². The van der Waals surface area contributed by atoms with E-state index in [2.05, 4.69) is 18.3 Å². The smallest absolute Gasteiger partial charge is 0.261 e. The molecule has 1 aliphatic carbocycles. The average molecular weight is 336 g/mol. The monoisotopic (exact) mass is 335 g/mol. The van der Waals surface area contributed by atoms with E-state index in [0.717, 1.165) is 28.9 Å². The van der Waals surface area contributed by atoms with Gasteiger partial charge in [-0.2, -0.15) is 11.8 Å². The van der Waals surface area contributed by atoms with Crippen LogP contribution in [0, 0.1) is 13.8 Å². The Bertz CT molecular complexity index is 512. The SMILES string of the molecule is CCC(Oc1cccc(C)c1C)C(=O)NCCSC1CCCC1. The number of aryl methyl sites for hydroxylation is 1. The number of hydrogen-bond acceptors (Lipinski definition) is 3. The molecule has 0 aromatic heterocycles. The van der Waals surface area contributed by atoms with Gasteiger partial charge in [0.05, 0.1) is 0 Å². The van der Waals surface area contributed by atoms with E-state index in [4.69, 9.17) is 4.74 Å². The highest BCUT2D eigenvalue weighted by atomic mass is 32.2. The zero-order valence-electron chi connectivity index (χ0n) is 14.6. The van der Waals surface area contributed by atoms with E-state index in [1.807, 2.05) is 37.7 Å². The lowest BCUT2D eigenvalue weighted by molar-refractivity contribution is -0.128. The maximum Gasteiger partial charge on any atom is 0.261 e. The molecule has 1 N–H and O–H groups in total. The summed E-state index contributed by atoms with van der Waals surface area (Å²) in [4.78, 5) is 12.3. The predicted octanol–water partition coefficient (Wildman–Crippen LogP) is 4.25. The third-order valence-corrected chi connectivity index (χ3v) is 5.93. The molecule has 4 heteroatoms. The van der Waals surface area contributed by atoms with Crippen molar-refractivity contribution in [2.24, 2.45) is 0 Å². The van der Waals surface area contributed by atoms with Crippen LogP contribution in [-0.4, -0.2) is 29.6 Å². The number of nitrogens with one attached hydrogen (secondary N) is 1. The van der Waals surface area contributed by atoms with Crippen LogP contribution in [0.2, 0.25) is 0 Å². The summed E-state index contributed by atoms with van der Waals surface area (Å²) in [5.74, 6) is 1.81. The van der Waals surface area contributed by atoms with E-state index in [-0.39, 0.29) is 5.91 Å². The van der Waals surface area contributed by atoms with Crippen LogP contribution in [0.15, 0.2) is 18.2 Å². The fourth-order valence-electron chi connectivity index (χ4n) is 2.90. The third-order valence-electron chi connectivity index (χ3n) is 4.54. The van der Waals surface area contributed by atoms with Gasteiger partial charge in [0.1, 0.15) is 5.75 Å². The molecular formula is C19H29NO2S. The van der Waals surface area contributed by atoms with Gasteiger partial charge in [0.15, 0.2) is 6.10 Å². The van der Waals surface area contributed by atoms with Gasteiger partial charge in [-0.1, -0.05) is 31.9 Å². The molecule has 0 spiro atoms. The number of thioether (sulfide) groups is 1. The van der Waals surface area contributed by atoms with Crippen molar-refractivity contribution >= 4 is 17.7 Å². The number of carbonyl (C=O) groups excluding carboxylic acids is 1. The van der Waals surface area contributed by atoms with E-state index >= 15 is 0 Å². The lowest BCUT2D eigenvalue weighted by atomic mass is 10.1. The van der Waals surface area contributed by atoms with E-state index in [1.165, 1.54) is 31.2 Å². The van der Waals surface area contributed by atoms with Gasteiger partial charge in [0.25, 0.3) is 5.91 Å². The van der Waals surface area contributed by atoms with Crippen molar-refractivity contribution in [2.45, 2.75) is 64.2 Å². The van der Waals surface area contributed by atoms with Crippen molar-refractivity contribution < 1.29 is 9.53 Å². The van der Waals surface area contributed by atoms with Crippen LogP contribution in [0.1, 0.15) is 50.2 Å². The van der Waals surface area contributed by atoms with Crippen molar-refractivity contribution in [1.29, 1.82) is 0 Å². The molecule has 1 fully saturated rings. The molecule has 1 unspecified atom stereocenters. The molecule has 0 saturated heterocycles. The largest absolute Gasteiger partial charge is 0.480 e.